The number of thiocarbonyl (C=S) groups is 1. The predicted octanol–water partition coefficient (Wildman–Crippen LogP) is 2.86. The van der Waals surface area contributed by atoms with E-state index in [0.29, 0.717) is 12.5 Å². The fourth-order valence-electron chi connectivity index (χ4n) is 4.19. The van der Waals surface area contributed by atoms with Crippen molar-refractivity contribution in [2.75, 3.05) is 37.6 Å². The monoisotopic (exact) mass is 388 g/mol. The van der Waals surface area contributed by atoms with Gasteiger partial charge in [-0.3, -0.25) is 4.79 Å². The Bertz CT molecular complexity index is 655. The minimum atomic E-state index is 0.0568. The molecule has 0 aliphatic carbocycles. The number of carbonyl (C=O) groups is 1. The van der Waals surface area contributed by atoms with E-state index in [2.05, 4.69) is 60.2 Å². The number of amides is 1. The van der Waals surface area contributed by atoms with Crippen LogP contribution >= 0.6 is 12.2 Å². The van der Waals surface area contributed by atoms with E-state index in [-0.39, 0.29) is 11.4 Å². The van der Waals surface area contributed by atoms with Crippen LogP contribution < -0.4 is 10.2 Å². The molecule has 1 unspecified atom stereocenters. The Labute approximate surface area is 168 Å². The standard InChI is InChI=1S/C21H32N4OS/c1-17-16-21(2,3)22-20(27)25(17)11-7-10-19(26)24-14-12-23(13-15-24)18-8-5-4-6-9-18/h4-6,8-9,17H,7,10-16H2,1-3H3,(H,22,27). The van der Waals surface area contributed by atoms with E-state index in [4.69, 9.17) is 12.2 Å². The molecule has 148 valence electrons. The van der Waals surface area contributed by atoms with Gasteiger partial charge in [-0.1, -0.05) is 18.2 Å². The summed E-state index contributed by atoms with van der Waals surface area (Å²) in [6.07, 6.45) is 2.51. The summed E-state index contributed by atoms with van der Waals surface area (Å²) in [6, 6.07) is 10.8. The molecule has 1 amide bonds. The van der Waals surface area contributed by atoms with E-state index in [1.165, 1.54) is 5.69 Å². The van der Waals surface area contributed by atoms with Crippen molar-refractivity contribution in [1.29, 1.82) is 0 Å². The Morgan fingerprint density at radius 3 is 2.48 bits per heavy atom. The van der Waals surface area contributed by atoms with Gasteiger partial charge >= 0.3 is 0 Å². The fraction of sp³-hybridized carbons (Fsp3) is 0.619. The van der Waals surface area contributed by atoms with Crippen molar-refractivity contribution in [3.8, 4) is 0 Å². The topological polar surface area (TPSA) is 38.8 Å². The van der Waals surface area contributed by atoms with Gasteiger partial charge in [-0.2, -0.15) is 0 Å². The summed E-state index contributed by atoms with van der Waals surface area (Å²) in [5, 5.41) is 4.24. The molecule has 2 fully saturated rings. The molecule has 3 rings (SSSR count). The van der Waals surface area contributed by atoms with E-state index >= 15 is 0 Å². The van der Waals surface area contributed by atoms with Gasteiger partial charge in [0.05, 0.1) is 0 Å². The van der Waals surface area contributed by atoms with Crippen LogP contribution in [0.2, 0.25) is 0 Å². The summed E-state index contributed by atoms with van der Waals surface area (Å²) in [5.74, 6) is 0.270. The van der Waals surface area contributed by atoms with Gasteiger partial charge in [-0.25, -0.2) is 0 Å². The maximum atomic E-state index is 12.6. The Balaban J connectivity index is 1.41. The second-order valence-corrected chi connectivity index (χ2v) is 8.75. The zero-order valence-electron chi connectivity index (χ0n) is 16.8. The van der Waals surface area contributed by atoms with E-state index in [9.17, 15) is 4.79 Å². The van der Waals surface area contributed by atoms with Crippen LogP contribution in [0.4, 0.5) is 5.69 Å². The van der Waals surface area contributed by atoms with Crippen LogP contribution in [0.15, 0.2) is 30.3 Å². The maximum Gasteiger partial charge on any atom is 0.222 e. The lowest BCUT2D eigenvalue weighted by Gasteiger charge is -2.45. The summed E-state index contributed by atoms with van der Waals surface area (Å²) in [6.45, 7) is 10.9. The van der Waals surface area contributed by atoms with Gasteiger partial charge in [-0.15, -0.1) is 0 Å². The second-order valence-electron chi connectivity index (χ2n) is 8.37. The number of anilines is 1. The van der Waals surface area contributed by atoms with Crippen LogP contribution in [-0.4, -0.2) is 65.1 Å². The molecular weight excluding hydrogens is 356 g/mol. The van der Waals surface area contributed by atoms with Gasteiger partial charge in [0.25, 0.3) is 0 Å². The van der Waals surface area contributed by atoms with E-state index in [1.54, 1.807) is 0 Å². The Kier molecular flexibility index (Phi) is 6.25. The van der Waals surface area contributed by atoms with Crippen LogP contribution in [0, 0.1) is 0 Å². The molecule has 0 aromatic heterocycles. The van der Waals surface area contributed by atoms with Crippen molar-refractivity contribution < 1.29 is 4.79 Å². The van der Waals surface area contributed by atoms with Crippen molar-refractivity contribution in [2.45, 2.75) is 51.6 Å². The highest BCUT2D eigenvalue weighted by molar-refractivity contribution is 7.80. The number of hydrogen-bond acceptors (Lipinski definition) is 3. The van der Waals surface area contributed by atoms with Crippen LogP contribution in [0.25, 0.3) is 0 Å². The van der Waals surface area contributed by atoms with Gasteiger partial charge in [0.1, 0.15) is 0 Å². The first kappa shape index (κ1) is 19.9. The maximum absolute atomic E-state index is 12.6. The van der Waals surface area contributed by atoms with Crippen LogP contribution in [0.1, 0.15) is 40.0 Å². The van der Waals surface area contributed by atoms with Gasteiger partial charge in [0.15, 0.2) is 5.11 Å². The molecule has 1 N–H and O–H groups in total. The van der Waals surface area contributed by atoms with Gasteiger partial charge in [-0.05, 0) is 58.0 Å². The fourth-order valence-corrected chi connectivity index (χ4v) is 4.74. The Hall–Kier alpha value is -1.82. The number of carbonyl (C=O) groups excluding carboxylic acids is 1. The lowest BCUT2D eigenvalue weighted by Crippen LogP contribution is -2.60. The molecule has 1 aromatic rings. The molecule has 2 aliphatic rings. The molecule has 5 nitrogen and oxygen atoms in total. The zero-order chi connectivity index (χ0) is 19.4. The number of nitrogens with zero attached hydrogens (tertiary/aromatic N) is 3. The molecule has 2 saturated heterocycles. The van der Waals surface area contributed by atoms with Crippen molar-refractivity contribution in [1.82, 2.24) is 15.1 Å². The molecular formula is C21H32N4OS. The first-order chi connectivity index (χ1) is 12.9. The minimum absolute atomic E-state index is 0.0568. The first-order valence-corrected chi connectivity index (χ1v) is 10.4. The molecule has 2 aliphatic heterocycles. The number of rotatable bonds is 5. The number of hydrogen-bond donors (Lipinski definition) is 1. The smallest absolute Gasteiger partial charge is 0.222 e. The lowest BCUT2D eigenvalue weighted by molar-refractivity contribution is -0.131. The largest absolute Gasteiger partial charge is 0.368 e. The molecule has 2 heterocycles. The van der Waals surface area contributed by atoms with Gasteiger partial charge in [0.2, 0.25) is 5.91 Å². The van der Waals surface area contributed by atoms with Crippen LogP contribution in [0.3, 0.4) is 0 Å². The second kappa shape index (κ2) is 8.46. The first-order valence-electron chi connectivity index (χ1n) is 10.0. The highest BCUT2D eigenvalue weighted by Gasteiger charge is 2.32. The van der Waals surface area contributed by atoms with Crippen LogP contribution in [-0.2, 0) is 4.79 Å². The zero-order valence-corrected chi connectivity index (χ0v) is 17.6. The minimum Gasteiger partial charge on any atom is -0.368 e. The summed E-state index contributed by atoms with van der Waals surface area (Å²) < 4.78 is 0. The normalized spacial score (nSPS) is 22.6. The van der Waals surface area contributed by atoms with Gasteiger partial charge < -0.3 is 20.0 Å². The van der Waals surface area contributed by atoms with E-state index in [1.807, 2.05) is 11.0 Å². The van der Waals surface area contributed by atoms with Crippen molar-refractivity contribution in [3.05, 3.63) is 30.3 Å². The number of benzene rings is 1. The van der Waals surface area contributed by atoms with Crippen molar-refractivity contribution in [3.63, 3.8) is 0 Å². The third kappa shape index (κ3) is 5.12. The molecule has 0 radical (unpaired) electrons. The molecule has 0 saturated carbocycles. The summed E-state index contributed by atoms with van der Waals surface area (Å²) in [5.41, 5.74) is 1.30. The molecule has 1 atom stereocenters. The molecule has 0 bridgehead atoms. The molecule has 6 heteroatoms. The lowest BCUT2D eigenvalue weighted by atomic mass is 9.93. The molecule has 27 heavy (non-hydrogen) atoms. The summed E-state index contributed by atoms with van der Waals surface area (Å²) >= 11 is 5.53. The summed E-state index contributed by atoms with van der Waals surface area (Å²) in [7, 11) is 0. The van der Waals surface area contributed by atoms with Crippen molar-refractivity contribution >= 4 is 28.9 Å². The average molecular weight is 389 g/mol. The third-order valence-corrected chi connectivity index (χ3v) is 5.92. The van der Waals surface area contributed by atoms with Crippen molar-refractivity contribution in [2.24, 2.45) is 0 Å². The molecule has 1 aromatic carbocycles. The van der Waals surface area contributed by atoms with E-state index in [0.717, 1.165) is 50.7 Å². The number of para-hydroxylation sites is 1. The predicted molar refractivity (Wildman–Crippen MR) is 115 cm³/mol. The third-order valence-electron chi connectivity index (χ3n) is 5.59. The highest BCUT2D eigenvalue weighted by atomic mass is 32.1. The quantitative estimate of drug-likeness (QED) is 0.786. The number of piperazine rings is 1. The van der Waals surface area contributed by atoms with Gasteiger partial charge in [0, 0.05) is 56.4 Å². The average Bonchev–Trinajstić information content (AvgIpc) is 2.64. The summed E-state index contributed by atoms with van der Waals surface area (Å²) in [4.78, 5) is 19.2. The highest BCUT2D eigenvalue weighted by Crippen LogP contribution is 2.22. The molecule has 0 spiro atoms. The SMILES string of the molecule is CC1CC(C)(C)NC(=S)N1CCCC(=O)N1CCN(c2ccccc2)CC1. The number of nitrogens with one attached hydrogen (secondary N) is 1. The Morgan fingerprint density at radius 1 is 1.19 bits per heavy atom. The van der Waals surface area contributed by atoms with E-state index < -0.39 is 0 Å². The Morgan fingerprint density at radius 2 is 1.85 bits per heavy atom. The van der Waals surface area contributed by atoms with Crippen LogP contribution in [0.5, 0.6) is 0 Å².